The van der Waals surface area contributed by atoms with Crippen molar-refractivity contribution in [3.63, 3.8) is 0 Å². The fourth-order valence-corrected chi connectivity index (χ4v) is 5.69. The van der Waals surface area contributed by atoms with Gasteiger partial charge in [-0.15, -0.1) is 0 Å². The summed E-state index contributed by atoms with van der Waals surface area (Å²) in [5.41, 5.74) is 2.74. The molecule has 0 radical (unpaired) electrons. The predicted octanol–water partition coefficient (Wildman–Crippen LogP) is 6.15. The lowest BCUT2D eigenvalue weighted by molar-refractivity contribution is -0.132. The third kappa shape index (κ3) is 5.30. The maximum atomic E-state index is 14.5. The quantitative estimate of drug-likeness (QED) is 0.229. The second-order valence-electron chi connectivity index (χ2n) is 10.9. The van der Waals surface area contributed by atoms with Crippen LogP contribution in [0.5, 0.6) is 0 Å². The molecule has 0 saturated heterocycles. The van der Waals surface area contributed by atoms with Gasteiger partial charge in [-0.2, -0.15) is 5.10 Å². The van der Waals surface area contributed by atoms with Crippen LogP contribution in [-0.4, -0.2) is 40.5 Å². The van der Waals surface area contributed by atoms with Crippen molar-refractivity contribution < 1.29 is 23.2 Å². The Labute approximate surface area is 252 Å². The number of aromatic nitrogens is 2. The number of para-hydroxylation sites is 3. The van der Waals surface area contributed by atoms with Gasteiger partial charge in [-0.1, -0.05) is 30.3 Å². The number of carbonyl (C=O) groups excluding carboxylic acids is 3. The number of rotatable bonds is 7. The smallest absolute Gasteiger partial charge is 0.247 e. The summed E-state index contributed by atoms with van der Waals surface area (Å²) in [5.74, 6) is -3.60. The zero-order chi connectivity index (χ0) is 31.0. The molecule has 8 nitrogen and oxygen atoms in total. The number of aromatic amines is 1. The molecule has 2 heterocycles. The second-order valence-corrected chi connectivity index (χ2v) is 10.9. The summed E-state index contributed by atoms with van der Waals surface area (Å²) in [4.78, 5) is 47.2. The Balaban J connectivity index is 1.45. The van der Waals surface area contributed by atoms with E-state index < -0.39 is 35.3 Å². The third-order valence-corrected chi connectivity index (χ3v) is 7.69. The van der Waals surface area contributed by atoms with E-state index in [0.29, 0.717) is 39.3 Å². The van der Waals surface area contributed by atoms with Crippen molar-refractivity contribution in [1.82, 2.24) is 10.2 Å². The lowest BCUT2D eigenvalue weighted by Gasteiger charge is -2.31. The summed E-state index contributed by atoms with van der Waals surface area (Å²) < 4.78 is 27.6. The highest BCUT2D eigenvalue weighted by molar-refractivity contribution is 6.21. The van der Waals surface area contributed by atoms with Gasteiger partial charge in [0, 0.05) is 29.2 Å². The monoisotopic (exact) mass is 593 g/mol. The van der Waals surface area contributed by atoms with Crippen molar-refractivity contribution in [3.05, 3.63) is 114 Å². The van der Waals surface area contributed by atoms with Crippen LogP contribution in [0.4, 0.5) is 31.5 Å². The normalized spacial score (nSPS) is 15.1. The fraction of sp³-hybridized carbons (Fsp3) is 0.176. The SMILES string of the molecule is CC(C)N(C(=O)CN1C(=O)C(Cc2n[nH]c3cc(F)ccc23)C(=O)N(c2ccccc2)c2ccccc21)c1ccc(F)cc1. The van der Waals surface area contributed by atoms with E-state index in [4.69, 9.17) is 0 Å². The maximum absolute atomic E-state index is 14.5. The highest BCUT2D eigenvalue weighted by Crippen LogP contribution is 2.40. The van der Waals surface area contributed by atoms with Gasteiger partial charge in [-0.25, -0.2) is 8.78 Å². The number of fused-ring (bicyclic) bond motifs is 2. The topological polar surface area (TPSA) is 89.6 Å². The lowest BCUT2D eigenvalue weighted by atomic mass is 9.97. The third-order valence-electron chi connectivity index (χ3n) is 7.69. The summed E-state index contributed by atoms with van der Waals surface area (Å²) in [6.45, 7) is 3.28. The zero-order valence-electron chi connectivity index (χ0n) is 24.1. The number of halogens is 2. The van der Waals surface area contributed by atoms with Gasteiger partial charge < -0.3 is 9.80 Å². The molecule has 1 aliphatic heterocycles. The molecule has 0 spiro atoms. The predicted molar refractivity (Wildman–Crippen MR) is 165 cm³/mol. The van der Waals surface area contributed by atoms with E-state index in [1.807, 2.05) is 19.9 Å². The Hall–Kier alpha value is -5.38. The minimum atomic E-state index is -1.26. The molecule has 0 bridgehead atoms. The number of hydrogen-bond acceptors (Lipinski definition) is 4. The number of nitrogens with zero attached hydrogens (tertiary/aromatic N) is 4. The number of H-pyrrole nitrogens is 1. The molecule has 1 aliphatic rings. The Morgan fingerprint density at radius 3 is 2.23 bits per heavy atom. The Morgan fingerprint density at radius 2 is 1.52 bits per heavy atom. The number of benzene rings is 4. The van der Waals surface area contributed by atoms with E-state index >= 15 is 0 Å². The van der Waals surface area contributed by atoms with Crippen LogP contribution in [0.25, 0.3) is 10.9 Å². The molecule has 6 rings (SSSR count). The Morgan fingerprint density at radius 1 is 0.864 bits per heavy atom. The van der Waals surface area contributed by atoms with Crippen LogP contribution in [0.3, 0.4) is 0 Å². The lowest BCUT2D eigenvalue weighted by Crippen LogP contribution is -2.48. The van der Waals surface area contributed by atoms with E-state index in [1.54, 1.807) is 54.6 Å². The maximum Gasteiger partial charge on any atom is 0.247 e. The summed E-state index contributed by atoms with van der Waals surface area (Å²) in [6, 6.07) is 25.4. The number of amides is 3. The fourth-order valence-electron chi connectivity index (χ4n) is 5.69. The molecule has 3 amide bonds. The number of carbonyl (C=O) groups is 3. The van der Waals surface area contributed by atoms with Gasteiger partial charge in [-0.05, 0) is 80.6 Å². The van der Waals surface area contributed by atoms with Crippen LogP contribution in [0, 0.1) is 17.6 Å². The van der Waals surface area contributed by atoms with Gasteiger partial charge in [0.15, 0.2) is 0 Å². The molecular formula is C34H29F2N5O3. The van der Waals surface area contributed by atoms with Crippen LogP contribution >= 0.6 is 0 Å². The van der Waals surface area contributed by atoms with Crippen LogP contribution in [0.15, 0.2) is 97.1 Å². The van der Waals surface area contributed by atoms with Crippen molar-refractivity contribution >= 4 is 51.4 Å². The first-order valence-corrected chi connectivity index (χ1v) is 14.2. The second kappa shape index (κ2) is 11.7. The molecule has 1 unspecified atom stereocenters. The minimum absolute atomic E-state index is 0.0861. The summed E-state index contributed by atoms with van der Waals surface area (Å²) >= 11 is 0. The van der Waals surface area contributed by atoms with Crippen molar-refractivity contribution in [3.8, 4) is 0 Å². The first kappa shape index (κ1) is 28.7. The molecule has 4 aromatic carbocycles. The van der Waals surface area contributed by atoms with Gasteiger partial charge in [0.25, 0.3) is 0 Å². The van der Waals surface area contributed by atoms with Gasteiger partial charge in [0.1, 0.15) is 24.1 Å². The summed E-state index contributed by atoms with van der Waals surface area (Å²) in [6.07, 6.45) is -0.0861. The van der Waals surface area contributed by atoms with Crippen molar-refractivity contribution in [2.75, 3.05) is 21.2 Å². The van der Waals surface area contributed by atoms with Gasteiger partial charge in [0.2, 0.25) is 17.7 Å². The van der Waals surface area contributed by atoms with E-state index in [2.05, 4.69) is 10.2 Å². The van der Waals surface area contributed by atoms with Crippen LogP contribution in [0.1, 0.15) is 19.5 Å². The van der Waals surface area contributed by atoms with E-state index in [9.17, 15) is 23.2 Å². The number of nitrogens with one attached hydrogen (secondary N) is 1. The summed E-state index contributed by atoms with van der Waals surface area (Å²) in [5, 5.41) is 7.70. The van der Waals surface area contributed by atoms with Gasteiger partial charge in [0.05, 0.1) is 22.6 Å². The molecule has 1 aromatic heterocycles. The van der Waals surface area contributed by atoms with E-state index in [0.717, 1.165) is 0 Å². The number of anilines is 4. The van der Waals surface area contributed by atoms with Crippen molar-refractivity contribution in [2.45, 2.75) is 26.3 Å². The average Bonchev–Trinajstić information content (AvgIpc) is 3.38. The highest BCUT2D eigenvalue weighted by Gasteiger charge is 2.42. The number of hydrogen-bond donors (Lipinski definition) is 1. The van der Waals surface area contributed by atoms with Crippen molar-refractivity contribution in [2.24, 2.45) is 5.92 Å². The van der Waals surface area contributed by atoms with Gasteiger partial charge in [-0.3, -0.25) is 24.4 Å². The van der Waals surface area contributed by atoms with E-state index in [1.165, 1.54) is 51.1 Å². The Kier molecular flexibility index (Phi) is 7.65. The van der Waals surface area contributed by atoms with Crippen LogP contribution in [0.2, 0.25) is 0 Å². The molecule has 5 aromatic rings. The standard InChI is InChI=1S/C34H29F2N5O3/c1-21(2)40(25-15-12-22(35)13-16-25)32(42)20-39-30-10-6-7-11-31(30)41(24-8-4-3-5-9-24)34(44)27(33(39)43)19-29-26-17-14-23(36)18-28(26)37-38-29/h3-18,21,27H,19-20H2,1-2H3,(H,37,38). The molecule has 0 aliphatic carbocycles. The molecule has 0 fully saturated rings. The molecule has 222 valence electrons. The van der Waals surface area contributed by atoms with E-state index in [-0.39, 0.29) is 19.0 Å². The molecule has 0 saturated carbocycles. The molecule has 1 N–H and O–H groups in total. The van der Waals surface area contributed by atoms with Crippen molar-refractivity contribution in [1.29, 1.82) is 0 Å². The first-order chi connectivity index (χ1) is 21.2. The van der Waals surface area contributed by atoms with Gasteiger partial charge >= 0.3 is 0 Å². The Bertz CT molecular complexity index is 1860. The minimum Gasteiger partial charge on any atom is -0.308 e. The van der Waals surface area contributed by atoms with Crippen LogP contribution < -0.4 is 14.7 Å². The largest absolute Gasteiger partial charge is 0.308 e. The summed E-state index contributed by atoms with van der Waals surface area (Å²) in [7, 11) is 0. The highest BCUT2D eigenvalue weighted by atomic mass is 19.1. The van der Waals surface area contributed by atoms with Crippen LogP contribution in [-0.2, 0) is 20.8 Å². The molecular weight excluding hydrogens is 564 g/mol. The molecule has 44 heavy (non-hydrogen) atoms. The molecule has 10 heteroatoms. The average molecular weight is 594 g/mol. The first-order valence-electron chi connectivity index (χ1n) is 14.2. The molecule has 1 atom stereocenters. The zero-order valence-corrected chi connectivity index (χ0v) is 24.1.